The molecule has 0 radical (unpaired) electrons. The van der Waals surface area contributed by atoms with Crippen LogP contribution in [0.15, 0.2) is 48.8 Å². The van der Waals surface area contributed by atoms with E-state index in [2.05, 4.69) is 15.5 Å². The number of rotatable bonds is 5. The first-order valence-corrected chi connectivity index (χ1v) is 8.39. The van der Waals surface area contributed by atoms with Crippen LogP contribution in [0.1, 0.15) is 42.9 Å². The first-order valence-electron chi connectivity index (χ1n) is 8.39. The van der Waals surface area contributed by atoms with Crippen LogP contribution < -0.4 is 5.32 Å². The number of benzene rings is 1. The maximum Gasteiger partial charge on any atom is 0.245 e. The minimum atomic E-state index is -0.341. The Hall–Kier alpha value is -2.89. The number of carbonyl (C=O) groups is 1. The van der Waals surface area contributed by atoms with Gasteiger partial charge in [-0.25, -0.2) is 4.68 Å². The lowest BCUT2D eigenvalue weighted by Crippen LogP contribution is -2.33. The molecule has 1 aromatic carbocycles. The molecule has 2 atom stereocenters. The smallest absolute Gasteiger partial charge is 0.245 e. The molecule has 0 aliphatic carbocycles. The average molecular weight is 337 g/mol. The highest BCUT2D eigenvalue weighted by Gasteiger charge is 2.18. The van der Waals surface area contributed by atoms with E-state index in [-0.39, 0.29) is 18.0 Å². The zero-order valence-electron chi connectivity index (χ0n) is 15.0. The molecule has 0 saturated heterocycles. The number of hydrogen-bond donors (Lipinski definition) is 1. The summed E-state index contributed by atoms with van der Waals surface area (Å²) in [5, 5.41) is 11.6. The first-order chi connectivity index (χ1) is 12.0. The van der Waals surface area contributed by atoms with Crippen molar-refractivity contribution in [2.75, 3.05) is 0 Å². The van der Waals surface area contributed by atoms with Gasteiger partial charge in [-0.3, -0.25) is 9.48 Å². The summed E-state index contributed by atoms with van der Waals surface area (Å²) in [5.41, 5.74) is 4.15. The third kappa shape index (κ3) is 3.63. The Morgan fingerprint density at radius 1 is 1.16 bits per heavy atom. The van der Waals surface area contributed by atoms with E-state index < -0.39 is 0 Å². The van der Waals surface area contributed by atoms with Crippen molar-refractivity contribution >= 4 is 5.91 Å². The number of nitrogens with one attached hydrogen (secondary N) is 1. The van der Waals surface area contributed by atoms with E-state index in [4.69, 9.17) is 0 Å². The maximum absolute atomic E-state index is 12.4. The number of nitrogens with zero attached hydrogens (tertiary/aromatic N) is 4. The zero-order chi connectivity index (χ0) is 18.0. The lowest BCUT2D eigenvalue weighted by atomic mass is 10.1. The second-order valence-electron chi connectivity index (χ2n) is 6.32. The molecule has 0 spiro atoms. The van der Waals surface area contributed by atoms with E-state index in [1.54, 1.807) is 17.1 Å². The molecule has 25 heavy (non-hydrogen) atoms. The Morgan fingerprint density at radius 2 is 1.88 bits per heavy atom. The Labute approximate surface area is 147 Å². The monoisotopic (exact) mass is 337 g/mol. The molecule has 6 nitrogen and oxygen atoms in total. The highest BCUT2D eigenvalue weighted by atomic mass is 16.2. The summed E-state index contributed by atoms with van der Waals surface area (Å²) in [6, 6.07) is 11.5. The van der Waals surface area contributed by atoms with Gasteiger partial charge in [0.1, 0.15) is 6.04 Å². The molecule has 2 aromatic heterocycles. The van der Waals surface area contributed by atoms with Crippen LogP contribution in [0.25, 0.3) is 5.69 Å². The normalized spacial score (nSPS) is 13.4. The second-order valence-corrected chi connectivity index (χ2v) is 6.32. The molecule has 130 valence electrons. The molecule has 0 bridgehead atoms. The maximum atomic E-state index is 12.4. The fourth-order valence-electron chi connectivity index (χ4n) is 2.84. The number of aromatic nitrogens is 4. The number of carbonyl (C=O) groups excluding carboxylic acids is 1. The van der Waals surface area contributed by atoms with Gasteiger partial charge in [0.05, 0.1) is 17.4 Å². The molecular weight excluding hydrogens is 314 g/mol. The predicted octanol–water partition coefficient (Wildman–Crippen LogP) is 3.12. The second kappa shape index (κ2) is 6.93. The summed E-state index contributed by atoms with van der Waals surface area (Å²) < 4.78 is 3.57. The Bertz CT molecular complexity index is 849. The molecule has 0 fully saturated rings. The van der Waals surface area contributed by atoms with E-state index in [1.807, 2.05) is 68.8 Å². The fourth-order valence-corrected chi connectivity index (χ4v) is 2.84. The van der Waals surface area contributed by atoms with Crippen molar-refractivity contribution in [3.8, 4) is 5.69 Å². The van der Waals surface area contributed by atoms with Crippen LogP contribution in [0, 0.1) is 13.8 Å². The average Bonchev–Trinajstić information content (AvgIpc) is 3.23. The highest BCUT2D eigenvalue weighted by Crippen LogP contribution is 2.18. The van der Waals surface area contributed by atoms with Crippen LogP contribution in [0.5, 0.6) is 0 Å². The van der Waals surface area contributed by atoms with Gasteiger partial charge in [0.2, 0.25) is 5.91 Å². The van der Waals surface area contributed by atoms with Crippen molar-refractivity contribution in [1.29, 1.82) is 0 Å². The van der Waals surface area contributed by atoms with Gasteiger partial charge in [-0.05, 0) is 57.5 Å². The number of amides is 1. The lowest BCUT2D eigenvalue weighted by Gasteiger charge is -2.18. The molecule has 3 rings (SSSR count). The van der Waals surface area contributed by atoms with Crippen molar-refractivity contribution in [2.45, 2.75) is 39.8 Å². The standard InChI is InChI=1S/C19H23N5O/c1-13-12-14(2)24(22-13)18-8-6-17(7-9-18)15(3)21-19(25)16(4)23-11-5-10-20-23/h5-12,15-16H,1-4H3,(H,21,25)/t15-,16-/m0/s1. The van der Waals surface area contributed by atoms with Crippen LogP contribution in [-0.2, 0) is 4.79 Å². The highest BCUT2D eigenvalue weighted by molar-refractivity contribution is 5.80. The molecule has 3 aromatic rings. The van der Waals surface area contributed by atoms with Gasteiger partial charge in [-0.15, -0.1) is 0 Å². The van der Waals surface area contributed by atoms with E-state index in [0.29, 0.717) is 0 Å². The third-order valence-corrected chi connectivity index (χ3v) is 4.31. The van der Waals surface area contributed by atoms with Crippen LogP contribution in [0.4, 0.5) is 0 Å². The summed E-state index contributed by atoms with van der Waals surface area (Å²) in [6.45, 7) is 7.83. The SMILES string of the molecule is Cc1cc(C)n(-c2ccc([C@H](C)NC(=O)[C@H](C)n3cccn3)cc2)n1. The van der Waals surface area contributed by atoms with Gasteiger partial charge in [0.15, 0.2) is 0 Å². The molecule has 1 amide bonds. The van der Waals surface area contributed by atoms with E-state index in [1.165, 1.54) is 0 Å². The summed E-state index contributed by atoms with van der Waals surface area (Å²) in [5.74, 6) is -0.0566. The molecule has 1 N–H and O–H groups in total. The number of aryl methyl sites for hydroxylation is 2. The summed E-state index contributed by atoms with van der Waals surface area (Å²) in [4.78, 5) is 12.4. The van der Waals surface area contributed by atoms with Gasteiger partial charge in [-0.2, -0.15) is 10.2 Å². The minimum Gasteiger partial charge on any atom is -0.348 e. The summed E-state index contributed by atoms with van der Waals surface area (Å²) in [7, 11) is 0. The van der Waals surface area contributed by atoms with Crippen molar-refractivity contribution in [3.63, 3.8) is 0 Å². The molecule has 0 saturated carbocycles. The Kier molecular flexibility index (Phi) is 4.70. The van der Waals surface area contributed by atoms with Crippen LogP contribution in [0.2, 0.25) is 0 Å². The van der Waals surface area contributed by atoms with Crippen molar-refractivity contribution in [2.24, 2.45) is 0 Å². The zero-order valence-corrected chi connectivity index (χ0v) is 15.0. The largest absolute Gasteiger partial charge is 0.348 e. The first kappa shape index (κ1) is 17.0. The van der Waals surface area contributed by atoms with E-state index in [0.717, 1.165) is 22.6 Å². The van der Waals surface area contributed by atoms with Gasteiger partial charge < -0.3 is 5.32 Å². The molecule has 6 heteroatoms. The van der Waals surface area contributed by atoms with Crippen LogP contribution >= 0.6 is 0 Å². The van der Waals surface area contributed by atoms with Gasteiger partial charge in [0.25, 0.3) is 0 Å². The van der Waals surface area contributed by atoms with Crippen molar-refractivity contribution in [1.82, 2.24) is 24.9 Å². The topological polar surface area (TPSA) is 64.7 Å². The van der Waals surface area contributed by atoms with Crippen molar-refractivity contribution in [3.05, 3.63) is 65.7 Å². The van der Waals surface area contributed by atoms with Gasteiger partial charge >= 0.3 is 0 Å². The van der Waals surface area contributed by atoms with Crippen molar-refractivity contribution < 1.29 is 4.79 Å². The molecule has 2 heterocycles. The third-order valence-electron chi connectivity index (χ3n) is 4.31. The van der Waals surface area contributed by atoms with Gasteiger partial charge in [-0.1, -0.05) is 12.1 Å². The van der Waals surface area contributed by atoms with E-state index >= 15 is 0 Å². The molecule has 0 aliphatic rings. The van der Waals surface area contributed by atoms with Crippen LogP contribution in [0.3, 0.4) is 0 Å². The summed E-state index contributed by atoms with van der Waals surface area (Å²) >= 11 is 0. The predicted molar refractivity (Wildman–Crippen MR) is 96.5 cm³/mol. The molecule has 0 unspecified atom stereocenters. The fraction of sp³-hybridized carbons (Fsp3) is 0.316. The molecule has 0 aliphatic heterocycles. The van der Waals surface area contributed by atoms with E-state index in [9.17, 15) is 4.79 Å². The lowest BCUT2D eigenvalue weighted by molar-refractivity contribution is -0.124. The summed E-state index contributed by atoms with van der Waals surface area (Å²) in [6.07, 6.45) is 3.46. The van der Waals surface area contributed by atoms with Crippen LogP contribution in [-0.4, -0.2) is 25.5 Å². The quantitative estimate of drug-likeness (QED) is 0.778. The molecular formula is C19H23N5O. The Morgan fingerprint density at radius 3 is 2.44 bits per heavy atom. The number of hydrogen-bond acceptors (Lipinski definition) is 3. The van der Waals surface area contributed by atoms with Gasteiger partial charge in [0, 0.05) is 18.1 Å². The Balaban J connectivity index is 1.69. The minimum absolute atomic E-state index is 0.0566.